The van der Waals surface area contributed by atoms with Gasteiger partial charge in [-0.1, -0.05) is 6.07 Å². The van der Waals surface area contributed by atoms with Crippen molar-refractivity contribution in [3.05, 3.63) is 29.6 Å². The second kappa shape index (κ2) is 3.74. The summed E-state index contributed by atoms with van der Waals surface area (Å²) in [5.41, 5.74) is 6.94. The van der Waals surface area contributed by atoms with E-state index in [2.05, 4.69) is 6.07 Å². The lowest BCUT2D eigenvalue weighted by Crippen LogP contribution is -2.19. The Hall–Kier alpha value is -0.540. The van der Waals surface area contributed by atoms with E-state index in [0.29, 0.717) is 11.8 Å². The molecule has 0 atom stereocenters. The summed E-state index contributed by atoms with van der Waals surface area (Å²) in [7, 11) is 0. The van der Waals surface area contributed by atoms with Gasteiger partial charge >= 0.3 is 0 Å². The SMILES string of the molecule is NCC1(c2ccc(SC3CC3)c(F)c2)CC1. The van der Waals surface area contributed by atoms with Crippen LogP contribution in [0.25, 0.3) is 0 Å². The molecular formula is C13H16FNS. The summed E-state index contributed by atoms with van der Waals surface area (Å²) in [5.74, 6) is -0.0610. The fraction of sp³-hybridized carbons (Fsp3) is 0.538. The van der Waals surface area contributed by atoms with E-state index in [1.54, 1.807) is 17.8 Å². The molecule has 3 heteroatoms. The van der Waals surface area contributed by atoms with Gasteiger partial charge in [0.25, 0.3) is 0 Å². The van der Waals surface area contributed by atoms with Crippen LogP contribution >= 0.6 is 11.8 Å². The molecule has 0 radical (unpaired) electrons. The van der Waals surface area contributed by atoms with Crippen molar-refractivity contribution in [2.75, 3.05) is 6.54 Å². The summed E-state index contributed by atoms with van der Waals surface area (Å²) in [4.78, 5) is 0.805. The molecule has 0 spiro atoms. The van der Waals surface area contributed by atoms with E-state index in [-0.39, 0.29) is 11.2 Å². The fourth-order valence-electron chi connectivity index (χ4n) is 2.05. The zero-order valence-corrected chi connectivity index (χ0v) is 10.0. The highest BCUT2D eigenvalue weighted by atomic mass is 32.2. The first kappa shape index (κ1) is 10.6. The van der Waals surface area contributed by atoms with E-state index in [9.17, 15) is 4.39 Å². The second-order valence-electron chi connectivity index (χ2n) is 4.95. The minimum absolute atomic E-state index is 0.0610. The Morgan fingerprint density at radius 2 is 2.12 bits per heavy atom. The van der Waals surface area contributed by atoms with Crippen LogP contribution in [-0.2, 0) is 5.41 Å². The van der Waals surface area contributed by atoms with Gasteiger partial charge < -0.3 is 5.73 Å². The van der Waals surface area contributed by atoms with Gasteiger partial charge in [-0.3, -0.25) is 0 Å². The highest BCUT2D eigenvalue weighted by molar-refractivity contribution is 8.00. The van der Waals surface area contributed by atoms with E-state index < -0.39 is 0 Å². The van der Waals surface area contributed by atoms with Crippen molar-refractivity contribution in [3.8, 4) is 0 Å². The smallest absolute Gasteiger partial charge is 0.137 e. The van der Waals surface area contributed by atoms with Crippen LogP contribution in [-0.4, -0.2) is 11.8 Å². The van der Waals surface area contributed by atoms with Gasteiger partial charge in [-0.25, -0.2) is 4.39 Å². The Labute approximate surface area is 99.6 Å². The maximum atomic E-state index is 13.9. The van der Waals surface area contributed by atoms with Crippen LogP contribution in [0.5, 0.6) is 0 Å². The van der Waals surface area contributed by atoms with E-state index >= 15 is 0 Å². The molecule has 0 unspecified atom stereocenters. The molecule has 16 heavy (non-hydrogen) atoms. The van der Waals surface area contributed by atoms with Crippen molar-refractivity contribution in [2.24, 2.45) is 5.73 Å². The topological polar surface area (TPSA) is 26.0 Å². The Morgan fingerprint density at radius 1 is 1.38 bits per heavy atom. The predicted octanol–water partition coefficient (Wildman–Crippen LogP) is 3.07. The van der Waals surface area contributed by atoms with Gasteiger partial charge in [0.2, 0.25) is 0 Å². The highest BCUT2D eigenvalue weighted by Gasteiger charge is 2.43. The number of nitrogens with two attached hydrogens (primary N) is 1. The summed E-state index contributed by atoms with van der Waals surface area (Å²) >= 11 is 1.68. The van der Waals surface area contributed by atoms with Gasteiger partial charge in [-0.05, 0) is 43.4 Å². The lowest BCUT2D eigenvalue weighted by atomic mass is 9.96. The monoisotopic (exact) mass is 237 g/mol. The second-order valence-corrected chi connectivity index (χ2v) is 6.29. The van der Waals surface area contributed by atoms with E-state index in [4.69, 9.17) is 5.73 Å². The largest absolute Gasteiger partial charge is 0.330 e. The molecule has 2 N–H and O–H groups in total. The minimum Gasteiger partial charge on any atom is -0.330 e. The third-order valence-electron chi connectivity index (χ3n) is 3.61. The van der Waals surface area contributed by atoms with E-state index in [0.717, 1.165) is 23.3 Å². The minimum atomic E-state index is -0.0610. The standard InChI is InChI=1S/C13H16FNS/c14-11-7-9(13(8-15)5-6-13)1-4-12(11)16-10-2-3-10/h1,4,7,10H,2-3,5-6,8,15H2. The van der Waals surface area contributed by atoms with Gasteiger partial charge in [-0.15, -0.1) is 11.8 Å². The van der Waals surface area contributed by atoms with Crippen molar-refractivity contribution >= 4 is 11.8 Å². The number of halogens is 1. The van der Waals surface area contributed by atoms with Gasteiger partial charge in [0.05, 0.1) is 0 Å². The normalized spacial score (nSPS) is 22.1. The van der Waals surface area contributed by atoms with Crippen molar-refractivity contribution in [2.45, 2.75) is 41.2 Å². The molecule has 0 aromatic heterocycles. The summed E-state index contributed by atoms with van der Waals surface area (Å²) < 4.78 is 13.9. The predicted molar refractivity (Wildman–Crippen MR) is 65.2 cm³/mol. The van der Waals surface area contributed by atoms with Crippen molar-refractivity contribution in [1.82, 2.24) is 0 Å². The number of thioether (sulfide) groups is 1. The third kappa shape index (κ3) is 1.87. The maximum Gasteiger partial charge on any atom is 0.137 e. The third-order valence-corrected chi connectivity index (χ3v) is 5.00. The molecule has 2 aliphatic rings. The molecule has 1 nitrogen and oxygen atoms in total. The first-order valence-corrected chi connectivity index (χ1v) is 6.78. The van der Waals surface area contributed by atoms with Crippen molar-refractivity contribution in [3.63, 3.8) is 0 Å². The van der Waals surface area contributed by atoms with E-state index in [1.807, 2.05) is 6.07 Å². The summed E-state index contributed by atoms with van der Waals surface area (Å²) in [6, 6.07) is 5.70. The molecule has 86 valence electrons. The Morgan fingerprint density at radius 3 is 2.62 bits per heavy atom. The van der Waals surface area contributed by atoms with Crippen LogP contribution in [0.3, 0.4) is 0 Å². The zero-order chi connectivity index (χ0) is 11.2. The molecule has 3 rings (SSSR count). The van der Waals surface area contributed by atoms with Crippen LogP contribution in [0, 0.1) is 5.82 Å². The van der Waals surface area contributed by atoms with Gasteiger partial charge in [0.1, 0.15) is 5.82 Å². The van der Waals surface area contributed by atoms with Crippen LogP contribution < -0.4 is 5.73 Å². The number of hydrogen-bond acceptors (Lipinski definition) is 2. The highest BCUT2D eigenvalue weighted by Crippen LogP contribution is 2.48. The number of benzene rings is 1. The summed E-state index contributed by atoms with van der Waals surface area (Å²) in [6.45, 7) is 0.640. The number of hydrogen-bond donors (Lipinski definition) is 1. The first-order valence-electron chi connectivity index (χ1n) is 5.90. The van der Waals surface area contributed by atoms with E-state index in [1.165, 1.54) is 12.8 Å². The number of rotatable bonds is 4. The molecule has 1 aromatic rings. The molecule has 0 bridgehead atoms. The Balaban J connectivity index is 1.84. The average molecular weight is 237 g/mol. The lowest BCUT2D eigenvalue weighted by Gasteiger charge is -2.13. The quantitative estimate of drug-likeness (QED) is 0.871. The fourth-order valence-corrected chi connectivity index (χ4v) is 3.10. The lowest BCUT2D eigenvalue weighted by molar-refractivity contribution is 0.592. The van der Waals surface area contributed by atoms with Gasteiger partial charge in [0.15, 0.2) is 0 Å². The van der Waals surface area contributed by atoms with Crippen molar-refractivity contribution in [1.29, 1.82) is 0 Å². The summed E-state index contributed by atoms with van der Waals surface area (Å²) in [5, 5.41) is 0.657. The molecule has 2 saturated carbocycles. The van der Waals surface area contributed by atoms with Crippen LogP contribution in [0.2, 0.25) is 0 Å². The van der Waals surface area contributed by atoms with Gasteiger partial charge in [0, 0.05) is 22.1 Å². The molecule has 2 fully saturated rings. The van der Waals surface area contributed by atoms with Crippen LogP contribution in [0.4, 0.5) is 4.39 Å². The molecule has 0 heterocycles. The summed E-state index contributed by atoms with van der Waals surface area (Å²) in [6.07, 6.45) is 4.69. The van der Waals surface area contributed by atoms with Crippen molar-refractivity contribution < 1.29 is 4.39 Å². The zero-order valence-electron chi connectivity index (χ0n) is 9.21. The average Bonchev–Trinajstić information content (AvgIpc) is 3.15. The maximum absolute atomic E-state index is 13.9. The molecule has 0 saturated heterocycles. The molecule has 0 amide bonds. The molecule has 2 aliphatic carbocycles. The van der Waals surface area contributed by atoms with Gasteiger partial charge in [-0.2, -0.15) is 0 Å². The Bertz CT molecular complexity index is 410. The van der Waals surface area contributed by atoms with Crippen LogP contribution in [0.1, 0.15) is 31.2 Å². The molecular weight excluding hydrogens is 221 g/mol. The molecule has 0 aliphatic heterocycles. The molecule has 1 aromatic carbocycles. The van der Waals surface area contributed by atoms with Crippen LogP contribution in [0.15, 0.2) is 23.1 Å². The first-order chi connectivity index (χ1) is 7.73. The Kier molecular flexibility index (Phi) is 2.48.